The lowest BCUT2D eigenvalue weighted by Crippen LogP contribution is -2.52. The molecule has 3 aromatic rings. The molecule has 6 rings (SSSR count). The smallest absolute Gasteiger partial charge is 0.272 e. The van der Waals surface area contributed by atoms with Crippen LogP contribution in [0.1, 0.15) is 55.4 Å². The van der Waals surface area contributed by atoms with E-state index in [0.29, 0.717) is 11.7 Å². The number of nitrogens with one attached hydrogen (secondary N) is 1. The summed E-state index contributed by atoms with van der Waals surface area (Å²) < 4.78 is 1.57. The molecule has 0 saturated heterocycles. The minimum atomic E-state index is -0.0876. The fraction of sp³-hybridized carbons (Fsp3) is 0.360. The molecule has 2 aliphatic heterocycles. The van der Waals surface area contributed by atoms with Crippen molar-refractivity contribution in [2.24, 2.45) is 0 Å². The number of fused-ring (bicyclic) bond motifs is 2. The first kappa shape index (κ1) is 19.4. The molecule has 3 aliphatic rings. The highest BCUT2D eigenvalue weighted by atomic mass is 16.1. The molecule has 1 fully saturated rings. The summed E-state index contributed by atoms with van der Waals surface area (Å²) in [5.41, 5.74) is 11.3. The van der Waals surface area contributed by atoms with E-state index in [4.69, 9.17) is 4.98 Å². The molecular weight excluding hydrogens is 400 g/mol. The van der Waals surface area contributed by atoms with Crippen LogP contribution >= 0.6 is 0 Å². The molecular formula is C25H26N6O. The van der Waals surface area contributed by atoms with Crippen molar-refractivity contribution in [2.75, 3.05) is 12.0 Å². The largest absolute Gasteiger partial charge is 0.300 e. The average Bonchev–Trinajstić information content (AvgIpc) is 3.67. The van der Waals surface area contributed by atoms with E-state index in [2.05, 4.69) is 45.4 Å². The zero-order valence-electron chi connectivity index (χ0n) is 18.4. The predicted molar refractivity (Wildman–Crippen MR) is 123 cm³/mol. The summed E-state index contributed by atoms with van der Waals surface area (Å²) >= 11 is 0. The van der Waals surface area contributed by atoms with Crippen molar-refractivity contribution in [1.82, 2.24) is 24.5 Å². The fourth-order valence-corrected chi connectivity index (χ4v) is 4.78. The molecule has 162 valence electrons. The van der Waals surface area contributed by atoms with Crippen LogP contribution in [0.4, 0.5) is 0 Å². The number of pyridine rings is 2. The Hall–Kier alpha value is -3.32. The van der Waals surface area contributed by atoms with Crippen LogP contribution in [0, 0.1) is 0 Å². The molecule has 0 bridgehead atoms. The van der Waals surface area contributed by atoms with E-state index in [0.717, 1.165) is 41.9 Å². The number of nitrogens with zero attached hydrogens (tertiary/aromatic N) is 5. The van der Waals surface area contributed by atoms with E-state index in [-0.39, 0.29) is 11.7 Å². The molecule has 0 radical (unpaired) electrons. The van der Waals surface area contributed by atoms with Gasteiger partial charge in [-0.3, -0.25) is 25.1 Å². The monoisotopic (exact) mass is 426 g/mol. The Morgan fingerprint density at radius 1 is 1.03 bits per heavy atom. The second-order valence-corrected chi connectivity index (χ2v) is 9.08. The lowest BCUT2D eigenvalue weighted by atomic mass is 9.98. The first-order valence-corrected chi connectivity index (χ1v) is 11.3. The highest BCUT2D eigenvalue weighted by molar-refractivity contribution is 5.65. The van der Waals surface area contributed by atoms with Crippen LogP contribution in [-0.4, -0.2) is 37.2 Å². The Balaban J connectivity index is 1.29. The summed E-state index contributed by atoms with van der Waals surface area (Å²) in [5.74, 6) is 1.35. The van der Waals surface area contributed by atoms with E-state index in [1.165, 1.54) is 35.7 Å². The number of hydrogen-bond donors (Lipinski definition) is 1. The Bertz CT molecular complexity index is 1290. The minimum Gasteiger partial charge on any atom is -0.300 e. The van der Waals surface area contributed by atoms with E-state index in [1.807, 2.05) is 19.3 Å². The highest BCUT2D eigenvalue weighted by Crippen LogP contribution is 2.39. The van der Waals surface area contributed by atoms with Crippen molar-refractivity contribution in [3.63, 3.8) is 0 Å². The van der Waals surface area contributed by atoms with Crippen molar-refractivity contribution in [1.29, 1.82) is 0 Å². The predicted octanol–water partition coefficient (Wildman–Crippen LogP) is 3.31. The molecule has 5 heterocycles. The van der Waals surface area contributed by atoms with E-state index < -0.39 is 0 Å². The molecule has 1 unspecified atom stereocenters. The second kappa shape index (κ2) is 7.38. The van der Waals surface area contributed by atoms with Gasteiger partial charge < -0.3 is 0 Å². The normalized spacial score (nSPS) is 20.5. The standard InChI is InChI=1S/C25H26N6O/c1-15-16(2)25(29-31-23(32)7-9-26-24(15)31)30-10-8-22-20(14-30)11-19(13-28-22)18-5-6-21(27-12-18)17-3-4-17/h5-7,9,11-13,17,25,29H,3-4,8,10,14H2,1-2H3. The van der Waals surface area contributed by atoms with Gasteiger partial charge >= 0.3 is 0 Å². The Morgan fingerprint density at radius 2 is 1.88 bits per heavy atom. The minimum absolute atomic E-state index is 0.0549. The maximum atomic E-state index is 12.4. The van der Waals surface area contributed by atoms with Gasteiger partial charge in [0.05, 0.1) is 0 Å². The van der Waals surface area contributed by atoms with Crippen LogP contribution in [-0.2, 0) is 13.0 Å². The third-order valence-corrected chi connectivity index (χ3v) is 6.98. The molecule has 1 saturated carbocycles. The molecule has 0 amide bonds. The van der Waals surface area contributed by atoms with Gasteiger partial charge in [-0.05, 0) is 55.5 Å². The first-order chi connectivity index (χ1) is 15.6. The highest BCUT2D eigenvalue weighted by Gasteiger charge is 2.31. The summed E-state index contributed by atoms with van der Waals surface area (Å²) in [6, 6.07) is 8.06. The van der Waals surface area contributed by atoms with Crippen LogP contribution in [0.3, 0.4) is 0 Å². The van der Waals surface area contributed by atoms with Crippen LogP contribution in [0.25, 0.3) is 16.7 Å². The lowest BCUT2D eigenvalue weighted by molar-refractivity contribution is 0.204. The molecule has 0 spiro atoms. The number of rotatable bonds is 3. The molecule has 0 aromatic carbocycles. The van der Waals surface area contributed by atoms with Crippen LogP contribution in [0.15, 0.2) is 53.2 Å². The van der Waals surface area contributed by atoms with Gasteiger partial charge in [0.25, 0.3) is 5.56 Å². The molecule has 1 atom stereocenters. The maximum absolute atomic E-state index is 12.4. The topological polar surface area (TPSA) is 75.9 Å². The van der Waals surface area contributed by atoms with Gasteiger partial charge in [-0.15, -0.1) is 0 Å². The first-order valence-electron chi connectivity index (χ1n) is 11.3. The fourth-order valence-electron chi connectivity index (χ4n) is 4.78. The van der Waals surface area contributed by atoms with Gasteiger partial charge in [0.2, 0.25) is 0 Å². The summed E-state index contributed by atoms with van der Waals surface area (Å²) in [7, 11) is 0. The van der Waals surface area contributed by atoms with Gasteiger partial charge in [0, 0.05) is 72.6 Å². The summed E-state index contributed by atoms with van der Waals surface area (Å²) in [6.07, 6.45) is 8.87. The van der Waals surface area contributed by atoms with E-state index in [1.54, 1.807) is 10.9 Å². The number of allylic oxidation sites excluding steroid dienone is 1. The van der Waals surface area contributed by atoms with Gasteiger partial charge in [-0.25, -0.2) is 9.66 Å². The summed E-state index contributed by atoms with van der Waals surface area (Å²) in [6.45, 7) is 5.81. The van der Waals surface area contributed by atoms with Crippen LogP contribution < -0.4 is 11.0 Å². The lowest BCUT2D eigenvalue weighted by Gasteiger charge is -2.40. The Kier molecular flexibility index (Phi) is 4.47. The SMILES string of the molecule is CC1=C(C)C(N2CCc3ncc(-c4ccc(C5CC5)nc4)cc3C2)Nn2c1nccc2=O. The number of hydrogen-bond acceptors (Lipinski definition) is 6. The van der Waals surface area contributed by atoms with E-state index in [9.17, 15) is 4.79 Å². The molecule has 3 aromatic heterocycles. The zero-order chi connectivity index (χ0) is 21.8. The summed E-state index contributed by atoms with van der Waals surface area (Å²) in [4.78, 5) is 28.6. The van der Waals surface area contributed by atoms with Gasteiger partial charge in [0.1, 0.15) is 6.17 Å². The molecule has 7 heteroatoms. The number of aromatic nitrogens is 4. The third kappa shape index (κ3) is 3.24. The van der Waals surface area contributed by atoms with Crippen LogP contribution in [0.5, 0.6) is 0 Å². The van der Waals surface area contributed by atoms with Crippen molar-refractivity contribution >= 4 is 5.57 Å². The van der Waals surface area contributed by atoms with Crippen molar-refractivity contribution < 1.29 is 0 Å². The van der Waals surface area contributed by atoms with Crippen molar-refractivity contribution in [3.05, 3.63) is 81.6 Å². The van der Waals surface area contributed by atoms with Gasteiger partial charge in [0.15, 0.2) is 5.82 Å². The average molecular weight is 427 g/mol. The second-order valence-electron chi connectivity index (χ2n) is 9.08. The van der Waals surface area contributed by atoms with Gasteiger partial charge in [-0.2, -0.15) is 0 Å². The Labute approximate surface area is 186 Å². The quantitative estimate of drug-likeness (QED) is 0.693. The maximum Gasteiger partial charge on any atom is 0.272 e. The third-order valence-electron chi connectivity index (χ3n) is 6.98. The van der Waals surface area contributed by atoms with Crippen molar-refractivity contribution in [3.8, 4) is 11.1 Å². The zero-order valence-corrected chi connectivity index (χ0v) is 18.4. The van der Waals surface area contributed by atoms with E-state index >= 15 is 0 Å². The van der Waals surface area contributed by atoms with Gasteiger partial charge in [-0.1, -0.05) is 6.07 Å². The van der Waals surface area contributed by atoms with Crippen LogP contribution in [0.2, 0.25) is 0 Å². The summed E-state index contributed by atoms with van der Waals surface area (Å²) in [5, 5.41) is 0. The molecule has 7 nitrogen and oxygen atoms in total. The molecule has 32 heavy (non-hydrogen) atoms. The Morgan fingerprint density at radius 3 is 2.66 bits per heavy atom. The molecule has 1 aliphatic carbocycles. The molecule has 1 N–H and O–H groups in total. The van der Waals surface area contributed by atoms with Crippen molar-refractivity contribution in [2.45, 2.75) is 51.7 Å².